The van der Waals surface area contributed by atoms with Crippen LogP contribution in [0.5, 0.6) is 0 Å². The van der Waals surface area contributed by atoms with E-state index in [4.69, 9.17) is 10.2 Å². The van der Waals surface area contributed by atoms with Gasteiger partial charge in [0, 0.05) is 25.2 Å². The monoisotopic (exact) mass is 286 g/mol. The smallest absolute Gasteiger partial charge is 0.317 e. The van der Waals surface area contributed by atoms with Crippen LogP contribution in [-0.4, -0.2) is 52.3 Å². The summed E-state index contributed by atoms with van der Waals surface area (Å²) in [5.41, 5.74) is 0. The summed E-state index contributed by atoms with van der Waals surface area (Å²) in [4.78, 5) is 24.9. The molecule has 1 heterocycles. The number of nitrogens with one attached hydrogen (secondary N) is 1. The summed E-state index contributed by atoms with van der Waals surface area (Å²) in [5, 5.41) is 20.6. The summed E-state index contributed by atoms with van der Waals surface area (Å²) < 4.78 is 0. The summed E-state index contributed by atoms with van der Waals surface area (Å²) in [6, 6.07) is -0.357. The number of carboxylic acids is 1. The van der Waals surface area contributed by atoms with E-state index in [0.29, 0.717) is 13.0 Å². The van der Waals surface area contributed by atoms with Gasteiger partial charge in [0.1, 0.15) is 0 Å². The van der Waals surface area contributed by atoms with Gasteiger partial charge < -0.3 is 20.4 Å². The van der Waals surface area contributed by atoms with Crippen LogP contribution < -0.4 is 5.32 Å². The molecule has 6 nitrogen and oxygen atoms in total. The van der Waals surface area contributed by atoms with Gasteiger partial charge in [-0.3, -0.25) is 4.79 Å². The molecule has 6 heteroatoms. The highest BCUT2D eigenvalue weighted by atomic mass is 16.4. The SMILES string of the molecule is CC(C)C(CC(=O)O)NC(=O)N1CCCC1CCCO. The minimum absolute atomic E-state index is 0.0570. The highest BCUT2D eigenvalue weighted by Gasteiger charge is 2.30. The molecule has 0 aromatic heterocycles. The molecule has 1 aliphatic heterocycles. The maximum atomic E-state index is 12.3. The fraction of sp³-hybridized carbons (Fsp3) is 0.857. The number of aliphatic hydroxyl groups is 1. The summed E-state index contributed by atoms with van der Waals surface area (Å²) in [7, 11) is 0. The first-order chi connectivity index (χ1) is 9.45. The first-order valence-electron chi connectivity index (χ1n) is 7.35. The molecule has 0 radical (unpaired) electrons. The van der Waals surface area contributed by atoms with Gasteiger partial charge in [0.05, 0.1) is 6.42 Å². The number of hydrogen-bond acceptors (Lipinski definition) is 3. The lowest BCUT2D eigenvalue weighted by Gasteiger charge is -2.29. The number of rotatable bonds is 7. The van der Waals surface area contributed by atoms with Crippen LogP contribution in [0.2, 0.25) is 0 Å². The van der Waals surface area contributed by atoms with Crippen molar-refractivity contribution in [3.63, 3.8) is 0 Å². The second kappa shape index (κ2) is 8.09. The second-order valence-corrected chi connectivity index (χ2v) is 5.75. The normalized spacial score (nSPS) is 20.2. The average Bonchev–Trinajstić information content (AvgIpc) is 2.83. The Hall–Kier alpha value is -1.30. The molecule has 20 heavy (non-hydrogen) atoms. The maximum Gasteiger partial charge on any atom is 0.317 e. The van der Waals surface area contributed by atoms with E-state index in [2.05, 4.69) is 5.32 Å². The standard InChI is InChI=1S/C14H26N2O4/c1-10(2)12(9-13(18)19)15-14(20)16-7-3-5-11(16)6-4-8-17/h10-12,17H,3-9H2,1-2H3,(H,15,20)(H,18,19). The number of amides is 2. The third kappa shape index (κ3) is 5.00. The van der Waals surface area contributed by atoms with Gasteiger partial charge in [-0.25, -0.2) is 4.79 Å². The molecule has 1 rings (SSSR count). The van der Waals surface area contributed by atoms with E-state index < -0.39 is 5.97 Å². The second-order valence-electron chi connectivity index (χ2n) is 5.75. The van der Waals surface area contributed by atoms with E-state index in [1.807, 2.05) is 13.8 Å². The van der Waals surface area contributed by atoms with E-state index in [1.54, 1.807) is 4.90 Å². The number of likely N-dealkylation sites (tertiary alicyclic amines) is 1. The van der Waals surface area contributed by atoms with E-state index in [-0.39, 0.29) is 37.1 Å². The van der Waals surface area contributed by atoms with Gasteiger partial charge in [0.25, 0.3) is 0 Å². The van der Waals surface area contributed by atoms with Gasteiger partial charge in [-0.15, -0.1) is 0 Å². The van der Waals surface area contributed by atoms with E-state index in [1.165, 1.54) is 0 Å². The van der Waals surface area contributed by atoms with Gasteiger partial charge in [0.2, 0.25) is 0 Å². The number of carboxylic acid groups (broad SMARTS) is 1. The van der Waals surface area contributed by atoms with Crippen molar-refractivity contribution in [1.82, 2.24) is 10.2 Å². The molecule has 2 amide bonds. The number of carbonyl (C=O) groups excluding carboxylic acids is 1. The zero-order chi connectivity index (χ0) is 15.1. The lowest BCUT2D eigenvalue weighted by atomic mass is 10.0. The number of hydrogen-bond donors (Lipinski definition) is 3. The number of urea groups is 1. The maximum absolute atomic E-state index is 12.3. The van der Waals surface area contributed by atoms with Crippen molar-refractivity contribution in [3.05, 3.63) is 0 Å². The lowest BCUT2D eigenvalue weighted by Crippen LogP contribution is -2.49. The topological polar surface area (TPSA) is 89.9 Å². The molecule has 0 aromatic carbocycles. The van der Waals surface area contributed by atoms with Crippen molar-refractivity contribution in [2.45, 2.75) is 58.0 Å². The molecule has 1 aliphatic rings. The fourth-order valence-corrected chi connectivity index (χ4v) is 2.61. The van der Waals surface area contributed by atoms with Crippen LogP contribution >= 0.6 is 0 Å². The molecule has 1 saturated heterocycles. The molecule has 0 aromatic rings. The van der Waals surface area contributed by atoms with Crippen molar-refractivity contribution < 1.29 is 19.8 Å². The fourth-order valence-electron chi connectivity index (χ4n) is 2.61. The first-order valence-corrected chi connectivity index (χ1v) is 7.35. The van der Waals surface area contributed by atoms with Crippen molar-refractivity contribution in [3.8, 4) is 0 Å². The number of carbonyl (C=O) groups is 2. The first kappa shape index (κ1) is 16.8. The third-order valence-electron chi connectivity index (χ3n) is 3.84. The van der Waals surface area contributed by atoms with E-state index in [9.17, 15) is 9.59 Å². The summed E-state index contributed by atoms with van der Waals surface area (Å²) in [5.74, 6) is -0.823. The van der Waals surface area contributed by atoms with Crippen molar-refractivity contribution in [2.24, 2.45) is 5.92 Å². The van der Waals surface area contributed by atoms with Crippen LogP contribution in [0.25, 0.3) is 0 Å². The molecule has 0 spiro atoms. The molecular formula is C14H26N2O4. The largest absolute Gasteiger partial charge is 0.481 e. The van der Waals surface area contributed by atoms with Gasteiger partial charge in [-0.1, -0.05) is 13.8 Å². The van der Waals surface area contributed by atoms with Gasteiger partial charge in [-0.05, 0) is 31.6 Å². The number of nitrogens with zero attached hydrogens (tertiary/aromatic N) is 1. The molecule has 0 saturated carbocycles. The summed E-state index contributed by atoms with van der Waals surface area (Å²) >= 11 is 0. The van der Waals surface area contributed by atoms with Crippen LogP contribution in [0.4, 0.5) is 4.79 Å². The third-order valence-corrected chi connectivity index (χ3v) is 3.84. The van der Waals surface area contributed by atoms with Crippen LogP contribution in [-0.2, 0) is 4.79 Å². The average molecular weight is 286 g/mol. The molecule has 0 bridgehead atoms. The van der Waals surface area contributed by atoms with Gasteiger partial charge >= 0.3 is 12.0 Å². The van der Waals surface area contributed by atoms with Crippen LogP contribution in [0.1, 0.15) is 46.0 Å². The zero-order valence-corrected chi connectivity index (χ0v) is 12.3. The molecule has 1 fully saturated rings. The van der Waals surface area contributed by atoms with Crippen LogP contribution in [0, 0.1) is 5.92 Å². The van der Waals surface area contributed by atoms with Crippen molar-refractivity contribution >= 4 is 12.0 Å². The Kier molecular flexibility index (Phi) is 6.78. The van der Waals surface area contributed by atoms with Gasteiger partial charge in [0.15, 0.2) is 0 Å². The predicted molar refractivity (Wildman–Crippen MR) is 75.5 cm³/mol. The quantitative estimate of drug-likeness (QED) is 0.660. The van der Waals surface area contributed by atoms with Gasteiger partial charge in [-0.2, -0.15) is 0 Å². The minimum atomic E-state index is -0.901. The Balaban J connectivity index is 2.56. The predicted octanol–water partition coefficient (Wildman–Crippen LogP) is 1.43. The Labute approximate surface area is 120 Å². The van der Waals surface area contributed by atoms with Crippen molar-refractivity contribution in [1.29, 1.82) is 0 Å². The number of aliphatic carboxylic acids is 1. The Morgan fingerprint density at radius 3 is 2.65 bits per heavy atom. The Morgan fingerprint density at radius 1 is 1.40 bits per heavy atom. The minimum Gasteiger partial charge on any atom is -0.481 e. The molecule has 116 valence electrons. The molecule has 3 N–H and O–H groups in total. The highest BCUT2D eigenvalue weighted by molar-refractivity contribution is 5.76. The molecule has 2 atom stereocenters. The summed E-state index contributed by atoms with van der Waals surface area (Å²) in [6.07, 6.45) is 3.36. The van der Waals surface area contributed by atoms with Crippen LogP contribution in [0.15, 0.2) is 0 Å². The Morgan fingerprint density at radius 2 is 2.10 bits per heavy atom. The highest BCUT2D eigenvalue weighted by Crippen LogP contribution is 2.21. The summed E-state index contributed by atoms with van der Waals surface area (Å²) in [6.45, 7) is 4.65. The van der Waals surface area contributed by atoms with E-state index >= 15 is 0 Å². The molecule has 0 aliphatic carbocycles. The Bertz CT molecular complexity index is 333. The number of aliphatic hydroxyl groups excluding tert-OH is 1. The zero-order valence-electron chi connectivity index (χ0n) is 12.3. The van der Waals surface area contributed by atoms with Crippen LogP contribution in [0.3, 0.4) is 0 Å². The van der Waals surface area contributed by atoms with Crippen molar-refractivity contribution in [2.75, 3.05) is 13.2 Å². The lowest BCUT2D eigenvalue weighted by molar-refractivity contribution is -0.137. The molecule has 2 unspecified atom stereocenters. The molecular weight excluding hydrogens is 260 g/mol. The van der Waals surface area contributed by atoms with E-state index in [0.717, 1.165) is 19.3 Å².